The van der Waals surface area contributed by atoms with Crippen LogP contribution >= 0.6 is 23.3 Å². The first-order chi connectivity index (χ1) is 16.8. The van der Waals surface area contributed by atoms with Crippen LogP contribution in [0.1, 0.15) is 5.82 Å². The van der Waals surface area contributed by atoms with Crippen molar-refractivity contribution in [3.8, 4) is 0 Å². The zero-order valence-electron chi connectivity index (χ0n) is 17.9. The minimum Gasteiger partial charge on any atom is -0.492 e. The zero-order valence-corrected chi connectivity index (χ0v) is 19.5. The summed E-state index contributed by atoms with van der Waals surface area (Å²) in [7, 11) is 1.22. The fourth-order valence-electron chi connectivity index (χ4n) is 3.35. The molecule has 2 aromatic rings. The van der Waals surface area contributed by atoms with Crippen molar-refractivity contribution in [1.82, 2.24) is 39.8 Å². The maximum atomic E-state index is 12.9. The molecule has 19 heteroatoms. The second-order valence-electron chi connectivity index (χ2n) is 6.89. The summed E-state index contributed by atoms with van der Waals surface area (Å²) in [5.74, 6) is -2.84. The Morgan fingerprint density at radius 1 is 1.46 bits per heavy atom. The van der Waals surface area contributed by atoms with Gasteiger partial charge in [-0.25, -0.2) is 9.48 Å². The molecule has 0 spiro atoms. The monoisotopic (exact) mass is 526 g/mol. The molecule has 186 valence electrons. The average Bonchev–Trinajstić information content (AvgIpc) is 3.47. The summed E-state index contributed by atoms with van der Waals surface area (Å²) in [6.07, 6.45) is 0. The van der Waals surface area contributed by atoms with Gasteiger partial charge >= 0.3 is 5.97 Å². The second-order valence-corrected chi connectivity index (χ2v) is 8.62. The molecule has 2 aliphatic rings. The highest BCUT2D eigenvalue weighted by Crippen LogP contribution is 2.34. The van der Waals surface area contributed by atoms with E-state index in [9.17, 15) is 19.5 Å². The topological polar surface area (TPSA) is 233 Å². The fourth-order valence-corrected chi connectivity index (χ4v) is 4.64. The smallest absolute Gasteiger partial charge is 0.356 e. The second kappa shape index (κ2) is 10.2. The van der Waals surface area contributed by atoms with Gasteiger partial charge in [0.05, 0.1) is 18.9 Å². The Kier molecular flexibility index (Phi) is 7.07. The van der Waals surface area contributed by atoms with Gasteiger partial charge in [-0.05, 0) is 10.4 Å². The molecule has 2 aliphatic heterocycles. The van der Waals surface area contributed by atoms with Gasteiger partial charge in [0.25, 0.3) is 11.8 Å². The quantitative estimate of drug-likeness (QED) is 0.106. The van der Waals surface area contributed by atoms with Crippen molar-refractivity contribution in [3.63, 3.8) is 0 Å². The molecule has 0 bridgehead atoms. The van der Waals surface area contributed by atoms with Gasteiger partial charge in [-0.15, -0.1) is 5.10 Å². The van der Waals surface area contributed by atoms with Crippen molar-refractivity contribution in [2.45, 2.75) is 23.8 Å². The van der Waals surface area contributed by atoms with Crippen LogP contribution in [0.15, 0.2) is 21.8 Å². The maximum Gasteiger partial charge on any atom is 0.356 e. The SMILES string of the molecule is CO/N=C(\C(=O)N[C@@H]1C(=O)N2C(C(=O)O)=C(CSc3nnnn3CCO)OC[C@H]12)c1nsc(N)n1. The lowest BCUT2D eigenvalue weighted by atomic mass is 9.92. The number of carbonyl (C=O) groups is 3. The number of aromatic nitrogens is 6. The van der Waals surface area contributed by atoms with Crippen LogP contribution in [-0.4, -0.2) is 106 Å². The van der Waals surface area contributed by atoms with Crippen LogP contribution in [0.3, 0.4) is 0 Å². The number of nitrogen functional groups attached to an aromatic ring is 1. The molecule has 17 nitrogen and oxygen atoms in total. The van der Waals surface area contributed by atoms with Crippen LogP contribution in [0, 0.1) is 0 Å². The summed E-state index contributed by atoms with van der Waals surface area (Å²) >= 11 is 1.93. The van der Waals surface area contributed by atoms with E-state index in [1.165, 1.54) is 11.8 Å². The van der Waals surface area contributed by atoms with Crippen molar-refractivity contribution in [2.24, 2.45) is 5.16 Å². The first kappa shape index (κ1) is 24.3. The highest BCUT2D eigenvalue weighted by molar-refractivity contribution is 7.99. The van der Waals surface area contributed by atoms with Gasteiger partial charge in [-0.2, -0.15) is 9.36 Å². The van der Waals surface area contributed by atoms with E-state index in [-0.39, 0.29) is 53.6 Å². The number of rotatable bonds is 10. The van der Waals surface area contributed by atoms with Gasteiger partial charge in [0.15, 0.2) is 10.8 Å². The lowest BCUT2D eigenvalue weighted by Crippen LogP contribution is -2.73. The zero-order chi connectivity index (χ0) is 25.1. The van der Waals surface area contributed by atoms with Gasteiger partial charge < -0.3 is 30.8 Å². The Labute approximate surface area is 204 Å². The molecule has 1 saturated heterocycles. The van der Waals surface area contributed by atoms with Gasteiger partial charge in [0.2, 0.25) is 16.7 Å². The third-order valence-corrected chi connectivity index (χ3v) is 6.34. The minimum atomic E-state index is -1.37. The number of aliphatic hydroxyl groups is 1. The Balaban J connectivity index is 1.48. The Hall–Kier alpha value is -3.84. The molecular weight excluding hydrogens is 508 g/mol. The number of hydrogen-bond acceptors (Lipinski definition) is 15. The first-order valence-electron chi connectivity index (χ1n) is 9.79. The number of fused-ring (bicyclic) bond motifs is 1. The Morgan fingerprint density at radius 2 is 2.26 bits per heavy atom. The first-order valence-corrected chi connectivity index (χ1v) is 11.5. The molecule has 0 aromatic carbocycles. The molecule has 0 saturated carbocycles. The van der Waals surface area contributed by atoms with E-state index in [2.05, 4.69) is 40.2 Å². The lowest BCUT2D eigenvalue weighted by Gasteiger charge is -2.49. The van der Waals surface area contributed by atoms with Crippen molar-refractivity contribution in [2.75, 3.05) is 31.8 Å². The normalized spacial score (nSPS) is 19.7. The van der Waals surface area contributed by atoms with Crippen molar-refractivity contribution < 1.29 is 34.2 Å². The van der Waals surface area contributed by atoms with Crippen LogP contribution < -0.4 is 11.1 Å². The number of nitrogens with two attached hydrogens (primary N) is 1. The molecule has 1 fully saturated rings. The van der Waals surface area contributed by atoms with E-state index in [0.29, 0.717) is 5.16 Å². The lowest BCUT2D eigenvalue weighted by molar-refractivity contribution is -0.160. The van der Waals surface area contributed by atoms with Crippen molar-refractivity contribution in [1.29, 1.82) is 0 Å². The fraction of sp³-hybridized carbons (Fsp3) is 0.438. The number of anilines is 1. The van der Waals surface area contributed by atoms with E-state index >= 15 is 0 Å². The molecular formula is C16H18N10O7S2. The highest BCUT2D eigenvalue weighted by Gasteiger charge is 2.55. The Morgan fingerprint density at radius 3 is 2.91 bits per heavy atom. The molecule has 2 atom stereocenters. The standard InChI is InChI=1S/C16H18N10O7S2/c1-32-21-9(11-19-15(17)35-22-11)12(28)18-8-6-4-33-7(10(14(30)31)26(6)13(8)29)5-34-16-20-23-24-25(16)2-3-27/h6,8,27H,2-5H2,1H3,(H,18,28)(H,30,31)(H2,17,19,22)/b21-9-/t6-,8+/m1/s1. The number of aliphatic hydroxyl groups excluding tert-OH is 1. The van der Waals surface area contributed by atoms with Crippen LogP contribution in [-0.2, 0) is 30.5 Å². The van der Waals surface area contributed by atoms with Crippen LogP contribution in [0.5, 0.6) is 0 Å². The van der Waals surface area contributed by atoms with Gasteiger partial charge in [0, 0.05) is 11.5 Å². The summed E-state index contributed by atoms with van der Waals surface area (Å²) in [5.41, 5.74) is 4.91. The number of ether oxygens (including phenoxy) is 1. The van der Waals surface area contributed by atoms with Gasteiger partial charge in [0.1, 0.15) is 31.6 Å². The number of carboxylic acids is 1. The molecule has 0 unspecified atom stereocenters. The number of tetrazole rings is 1. The predicted octanol–water partition coefficient (Wildman–Crippen LogP) is -2.74. The average molecular weight is 527 g/mol. The van der Waals surface area contributed by atoms with Crippen LogP contribution in [0.2, 0.25) is 0 Å². The van der Waals surface area contributed by atoms with Crippen LogP contribution in [0.25, 0.3) is 0 Å². The molecule has 5 N–H and O–H groups in total. The molecule has 2 aromatic heterocycles. The van der Waals surface area contributed by atoms with Crippen LogP contribution in [0.4, 0.5) is 5.13 Å². The highest BCUT2D eigenvalue weighted by atomic mass is 32.2. The van der Waals surface area contributed by atoms with E-state index in [1.807, 2.05) is 0 Å². The van der Waals surface area contributed by atoms with Gasteiger partial charge in [-0.3, -0.25) is 14.5 Å². The van der Waals surface area contributed by atoms with Gasteiger partial charge in [-0.1, -0.05) is 16.9 Å². The number of hydrogen-bond donors (Lipinski definition) is 4. The summed E-state index contributed by atoms with van der Waals surface area (Å²) in [6, 6.07) is -1.83. The number of thioether (sulfide) groups is 1. The number of nitrogens with one attached hydrogen (secondary N) is 1. The number of nitrogens with zero attached hydrogens (tertiary/aromatic N) is 8. The Bertz CT molecular complexity index is 1210. The molecule has 0 radical (unpaired) electrons. The maximum absolute atomic E-state index is 12.9. The summed E-state index contributed by atoms with van der Waals surface area (Å²) in [4.78, 5) is 47.2. The third kappa shape index (κ3) is 4.72. The molecule has 0 aliphatic carbocycles. The largest absolute Gasteiger partial charge is 0.492 e. The summed E-state index contributed by atoms with van der Waals surface area (Å²) < 4.78 is 10.9. The molecule has 35 heavy (non-hydrogen) atoms. The molecule has 2 amide bonds. The number of amides is 2. The van der Waals surface area contributed by atoms with E-state index in [0.717, 1.165) is 28.2 Å². The molecule has 4 heterocycles. The van der Waals surface area contributed by atoms with E-state index in [4.69, 9.17) is 15.6 Å². The third-order valence-electron chi connectivity index (χ3n) is 4.84. The summed E-state index contributed by atoms with van der Waals surface area (Å²) in [6.45, 7) is -0.0893. The number of carbonyl (C=O) groups excluding carboxylic acids is 2. The number of aliphatic carboxylic acids is 1. The minimum absolute atomic E-state index is 0.0164. The number of carboxylic acid groups (broad SMARTS) is 1. The number of β-lactam (4-membered cyclic amide) rings is 1. The van der Waals surface area contributed by atoms with E-state index < -0.39 is 29.9 Å². The van der Waals surface area contributed by atoms with E-state index in [1.54, 1.807) is 0 Å². The number of oxime groups is 1. The predicted molar refractivity (Wildman–Crippen MR) is 117 cm³/mol. The van der Waals surface area contributed by atoms with Crippen molar-refractivity contribution >= 4 is 51.9 Å². The van der Waals surface area contributed by atoms with Crippen molar-refractivity contribution in [3.05, 3.63) is 17.3 Å². The summed E-state index contributed by atoms with van der Waals surface area (Å²) in [5, 5.41) is 36.4. The molecule has 4 rings (SSSR count).